The summed E-state index contributed by atoms with van der Waals surface area (Å²) < 4.78 is 3.39. The van der Waals surface area contributed by atoms with Crippen LogP contribution in [0.25, 0.3) is 70.7 Å². The van der Waals surface area contributed by atoms with E-state index in [1.54, 1.807) is 17.5 Å². The predicted molar refractivity (Wildman–Crippen MR) is 164 cm³/mol. The first kappa shape index (κ1) is 25.5. The summed E-state index contributed by atoms with van der Waals surface area (Å²) in [6, 6.07) is 42.6. The summed E-state index contributed by atoms with van der Waals surface area (Å²) >= 11 is 1.69. The minimum atomic E-state index is 0. The Kier molecular flexibility index (Phi) is 6.54. The number of thiazole rings is 1. The predicted octanol–water partition coefficient (Wildman–Crippen LogP) is 8.78. The van der Waals surface area contributed by atoms with Crippen molar-refractivity contribution >= 4 is 43.4 Å². The van der Waals surface area contributed by atoms with Crippen LogP contribution in [0, 0.1) is 12.1 Å². The van der Waals surface area contributed by atoms with Crippen LogP contribution in [0.2, 0.25) is 0 Å². The summed E-state index contributed by atoms with van der Waals surface area (Å²) in [4.78, 5) is 13.9. The van der Waals surface area contributed by atoms with Gasteiger partial charge in [-0.05, 0) is 46.5 Å². The molecular weight excluding hydrogens is 704 g/mol. The molecule has 0 amide bonds. The van der Waals surface area contributed by atoms with Crippen molar-refractivity contribution in [3.63, 3.8) is 0 Å². The SMILES string of the molecule is [Pt+2].[c-]1c(-c2ccccn2)cccc1-n1c2[c-]c(-c3nc4cccc(-c5cccnc5)c4s3)ccc2c2ccccc21. The Balaban J connectivity index is 0.00000276. The molecule has 0 fully saturated rings. The van der Waals surface area contributed by atoms with Crippen molar-refractivity contribution in [3.8, 4) is 38.6 Å². The summed E-state index contributed by atoms with van der Waals surface area (Å²) in [6.45, 7) is 0. The normalized spacial score (nSPS) is 11.2. The molecule has 0 saturated carbocycles. The van der Waals surface area contributed by atoms with Gasteiger partial charge in [-0.15, -0.1) is 53.6 Å². The van der Waals surface area contributed by atoms with Crippen molar-refractivity contribution in [2.45, 2.75) is 0 Å². The van der Waals surface area contributed by atoms with Gasteiger partial charge >= 0.3 is 21.1 Å². The molecule has 4 aromatic carbocycles. The van der Waals surface area contributed by atoms with Gasteiger partial charge in [0.05, 0.1) is 10.2 Å². The zero-order chi connectivity index (χ0) is 26.5. The van der Waals surface area contributed by atoms with E-state index in [1.165, 1.54) is 5.39 Å². The molecule has 4 nitrogen and oxygen atoms in total. The molecule has 0 aliphatic rings. The van der Waals surface area contributed by atoms with Crippen LogP contribution in [0.5, 0.6) is 0 Å². The van der Waals surface area contributed by atoms with Crippen molar-refractivity contribution in [1.29, 1.82) is 0 Å². The number of rotatable bonds is 4. The number of nitrogens with zero attached hydrogens (tertiary/aromatic N) is 4. The fraction of sp³-hybridized carbons (Fsp3) is 0. The molecule has 8 aromatic rings. The van der Waals surface area contributed by atoms with E-state index < -0.39 is 0 Å². The van der Waals surface area contributed by atoms with Crippen LogP contribution in [0.4, 0.5) is 0 Å². The third-order valence-corrected chi connectivity index (χ3v) is 8.30. The van der Waals surface area contributed by atoms with Gasteiger partial charge in [-0.1, -0.05) is 53.9 Å². The Hall–Kier alpha value is -4.44. The first-order chi connectivity index (χ1) is 19.8. The average Bonchev–Trinajstić information content (AvgIpc) is 3.61. The topological polar surface area (TPSA) is 43.6 Å². The number of benzene rings is 4. The van der Waals surface area contributed by atoms with Crippen LogP contribution < -0.4 is 0 Å². The van der Waals surface area contributed by atoms with E-state index in [-0.39, 0.29) is 21.1 Å². The number of hydrogen-bond donors (Lipinski definition) is 0. The maximum absolute atomic E-state index is 5.03. The maximum atomic E-state index is 5.03. The first-order valence-electron chi connectivity index (χ1n) is 13.0. The van der Waals surface area contributed by atoms with Gasteiger partial charge in [-0.2, -0.15) is 11.3 Å². The monoisotopic (exact) mass is 723 g/mol. The summed E-state index contributed by atoms with van der Waals surface area (Å²) in [5, 5.41) is 3.27. The summed E-state index contributed by atoms with van der Waals surface area (Å²) in [6.07, 6.45) is 5.52. The smallest absolute Gasteiger partial charge is 0.346 e. The second-order valence-corrected chi connectivity index (χ2v) is 10.6. The summed E-state index contributed by atoms with van der Waals surface area (Å²) in [5.41, 5.74) is 9.09. The van der Waals surface area contributed by atoms with Crippen molar-refractivity contribution in [2.75, 3.05) is 0 Å². The second kappa shape index (κ2) is 10.5. The zero-order valence-electron chi connectivity index (χ0n) is 21.6. The quantitative estimate of drug-likeness (QED) is 0.171. The minimum absolute atomic E-state index is 0. The molecule has 0 spiro atoms. The molecule has 0 saturated heterocycles. The van der Waals surface area contributed by atoms with E-state index in [9.17, 15) is 0 Å². The van der Waals surface area contributed by atoms with Gasteiger partial charge in [0.2, 0.25) is 0 Å². The van der Waals surface area contributed by atoms with Gasteiger partial charge in [-0.25, -0.2) is 0 Å². The van der Waals surface area contributed by atoms with Gasteiger partial charge in [0.15, 0.2) is 0 Å². The Morgan fingerprint density at radius 2 is 1.59 bits per heavy atom. The van der Waals surface area contributed by atoms with Crippen LogP contribution in [0.15, 0.2) is 122 Å². The number of pyridine rings is 2. The van der Waals surface area contributed by atoms with Crippen LogP contribution in [-0.2, 0) is 21.1 Å². The van der Waals surface area contributed by atoms with Crippen molar-refractivity contribution in [3.05, 3.63) is 134 Å². The van der Waals surface area contributed by atoms with Gasteiger partial charge < -0.3 is 9.55 Å². The Labute approximate surface area is 255 Å². The fourth-order valence-corrected chi connectivity index (χ4v) is 6.42. The molecule has 4 aromatic heterocycles. The van der Waals surface area contributed by atoms with Gasteiger partial charge in [0, 0.05) is 40.2 Å². The molecule has 0 radical (unpaired) electrons. The molecule has 0 N–H and O–H groups in total. The van der Waals surface area contributed by atoms with Crippen molar-refractivity contribution in [1.82, 2.24) is 19.5 Å². The first-order valence-corrected chi connectivity index (χ1v) is 13.8. The third-order valence-electron chi connectivity index (χ3n) is 7.16. The van der Waals surface area contributed by atoms with Crippen LogP contribution in [0.1, 0.15) is 0 Å². The molecule has 0 unspecified atom stereocenters. The minimum Gasteiger partial charge on any atom is -0.346 e. The third kappa shape index (κ3) is 4.39. The fourth-order valence-electron chi connectivity index (χ4n) is 5.34. The molecule has 196 valence electrons. The van der Waals surface area contributed by atoms with E-state index in [0.29, 0.717) is 0 Å². The molecule has 0 bridgehead atoms. The molecule has 41 heavy (non-hydrogen) atoms. The Morgan fingerprint density at radius 1 is 0.683 bits per heavy atom. The number of para-hydroxylation sites is 1. The van der Waals surface area contributed by atoms with E-state index in [0.717, 1.165) is 65.3 Å². The molecule has 6 heteroatoms. The molecule has 0 aliphatic carbocycles. The van der Waals surface area contributed by atoms with Crippen LogP contribution in [-0.4, -0.2) is 19.5 Å². The van der Waals surface area contributed by atoms with E-state index in [4.69, 9.17) is 4.98 Å². The van der Waals surface area contributed by atoms with Gasteiger partial charge in [0.1, 0.15) is 0 Å². The molecule has 0 atom stereocenters. The van der Waals surface area contributed by atoms with E-state index >= 15 is 0 Å². The zero-order valence-corrected chi connectivity index (χ0v) is 24.6. The average molecular weight is 724 g/mol. The Morgan fingerprint density at radius 3 is 2.46 bits per heavy atom. The summed E-state index contributed by atoms with van der Waals surface area (Å²) in [7, 11) is 0. The standard InChI is InChI=1S/C35H20N4S.Pt/c1-2-15-32-28(11-1)29-17-16-24(35-38-31-14-6-12-27(34(31)40-35)25-9-7-18-36-22-25)21-33(29)39(32)26-10-5-8-23(20-26)30-13-3-4-19-37-30;/h1-19,22H;/q-2;+2. The maximum Gasteiger partial charge on any atom is 2.00 e. The number of fused-ring (bicyclic) bond motifs is 4. The van der Waals surface area contributed by atoms with E-state index in [2.05, 4.69) is 106 Å². The van der Waals surface area contributed by atoms with Gasteiger partial charge in [0.25, 0.3) is 0 Å². The molecular formula is C35H20N4PtS. The molecule has 0 aliphatic heterocycles. The van der Waals surface area contributed by atoms with Crippen molar-refractivity contribution < 1.29 is 21.1 Å². The van der Waals surface area contributed by atoms with Crippen LogP contribution in [0.3, 0.4) is 0 Å². The van der Waals surface area contributed by atoms with Crippen molar-refractivity contribution in [2.24, 2.45) is 0 Å². The number of aromatic nitrogens is 4. The Bertz CT molecular complexity index is 2170. The largest absolute Gasteiger partial charge is 2.00 e. The summed E-state index contributed by atoms with van der Waals surface area (Å²) in [5.74, 6) is 0. The molecule has 8 rings (SSSR count). The second-order valence-electron chi connectivity index (χ2n) is 9.57. The van der Waals surface area contributed by atoms with E-state index in [1.807, 2.05) is 36.7 Å². The number of hydrogen-bond acceptors (Lipinski definition) is 4. The van der Waals surface area contributed by atoms with Crippen LogP contribution >= 0.6 is 11.3 Å². The molecule has 4 heterocycles. The van der Waals surface area contributed by atoms with Gasteiger partial charge in [-0.3, -0.25) is 9.97 Å².